The molecule has 6 aromatic rings. The molecule has 0 aliphatic rings. The van der Waals surface area contributed by atoms with Gasteiger partial charge in [-0.15, -0.1) is 0 Å². The summed E-state index contributed by atoms with van der Waals surface area (Å²) in [5.41, 5.74) is 9.73. The molecule has 0 saturated carbocycles. The fourth-order valence-corrected chi connectivity index (χ4v) is 4.19. The second kappa shape index (κ2) is 8.75. The third-order valence-corrected chi connectivity index (χ3v) is 6.03. The maximum atomic E-state index is 13.8. The highest BCUT2D eigenvalue weighted by atomic mass is 35.5. The third-order valence-electron chi connectivity index (χ3n) is 5.78. The van der Waals surface area contributed by atoms with Crippen LogP contribution in [0.2, 0.25) is 5.02 Å². The van der Waals surface area contributed by atoms with Crippen molar-refractivity contribution >= 4 is 28.5 Å². The van der Waals surface area contributed by atoms with E-state index in [1.807, 2.05) is 54.6 Å². The van der Waals surface area contributed by atoms with Gasteiger partial charge in [0.15, 0.2) is 5.65 Å². The van der Waals surface area contributed by atoms with Crippen LogP contribution in [0.1, 0.15) is 0 Å². The summed E-state index contributed by atoms with van der Waals surface area (Å²) in [4.78, 5) is 27.2. The van der Waals surface area contributed by atoms with E-state index in [0.717, 1.165) is 16.8 Å². The maximum absolute atomic E-state index is 13.8. The van der Waals surface area contributed by atoms with E-state index >= 15 is 0 Å². The van der Waals surface area contributed by atoms with Crippen LogP contribution >= 0.6 is 11.6 Å². The monoisotopic (exact) mass is 491 g/mol. The minimum absolute atomic E-state index is 0.231. The standard InChI is InChI=1S/C27H18ClN7O/c28-19-10-12-20(13-11-19)34-25(18-8-6-17(7-9-18)23-15-30-16-24(29)32-23)33-26-22(27(34)36)14-31-35(26)21-4-2-1-3-5-21/h1-16H,(H2,29,32). The van der Waals surface area contributed by atoms with Crippen LogP contribution in [0.25, 0.3) is 45.1 Å². The average Bonchev–Trinajstić information content (AvgIpc) is 3.34. The number of nitrogens with two attached hydrogens (primary N) is 1. The van der Waals surface area contributed by atoms with Gasteiger partial charge in [0, 0.05) is 16.1 Å². The van der Waals surface area contributed by atoms with Crippen LogP contribution in [0.5, 0.6) is 0 Å². The highest BCUT2D eigenvalue weighted by Crippen LogP contribution is 2.26. The second-order valence-corrected chi connectivity index (χ2v) is 8.52. The molecule has 8 nitrogen and oxygen atoms in total. The number of benzene rings is 3. The van der Waals surface area contributed by atoms with Crippen molar-refractivity contribution in [2.75, 3.05) is 5.73 Å². The van der Waals surface area contributed by atoms with Crippen molar-refractivity contribution in [3.8, 4) is 34.0 Å². The highest BCUT2D eigenvalue weighted by molar-refractivity contribution is 6.30. The molecule has 0 unspecified atom stereocenters. The van der Waals surface area contributed by atoms with Crippen LogP contribution in [0, 0.1) is 0 Å². The molecular formula is C27H18ClN7O. The van der Waals surface area contributed by atoms with Gasteiger partial charge < -0.3 is 5.73 Å². The number of halogens is 1. The van der Waals surface area contributed by atoms with Crippen LogP contribution in [-0.2, 0) is 0 Å². The molecule has 0 spiro atoms. The number of aromatic nitrogens is 6. The number of rotatable bonds is 4. The Kier molecular flexibility index (Phi) is 5.28. The van der Waals surface area contributed by atoms with Gasteiger partial charge in [-0.3, -0.25) is 14.3 Å². The third kappa shape index (κ3) is 3.79. The molecule has 3 aromatic carbocycles. The molecule has 0 aliphatic heterocycles. The predicted octanol–water partition coefficient (Wildman–Crippen LogP) is 4.93. The first-order chi connectivity index (χ1) is 17.6. The van der Waals surface area contributed by atoms with Gasteiger partial charge in [0.05, 0.1) is 35.7 Å². The topological polar surface area (TPSA) is 105 Å². The minimum Gasteiger partial charge on any atom is -0.382 e. The summed E-state index contributed by atoms with van der Waals surface area (Å²) in [5.74, 6) is 0.812. The first-order valence-corrected chi connectivity index (χ1v) is 11.5. The molecule has 0 bridgehead atoms. The predicted molar refractivity (Wildman–Crippen MR) is 140 cm³/mol. The Morgan fingerprint density at radius 1 is 0.750 bits per heavy atom. The van der Waals surface area contributed by atoms with Gasteiger partial charge in [0.25, 0.3) is 5.56 Å². The summed E-state index contributed by atoms with van der Waals surface area (Å²) >= 11 is 6.11. The van der Waals surface area contributed by atoms with Gasteiger partial charge in [-0.25, -0.2) is 14.6 Å². The second-order valence-electron chi connectivity index (χ2n) is 8.09. The molecule has 9 heteroatoms. The van der Waals surface area contributed by atoms with Gasteiger partial charge >= 0.3 is 0 Å². The van der Waals surface area contributed by atoms with Crippen molar-refractivity contribution in [1.82, 2.24) is 29.3 Å². The molecule has 6 rings (SSSR count). The first-order valence-electron chi connectivity index (χ1n) is 11.1. The normalized spacial score (nSPS) is 11.1. The lowest BCUT2D eigenvalue weighted by Gasteiger charge is -2.14. The van der Waals surface area contributed by atoms with Crippen LogP contribution in [0.15, 0.2) is 102 Å². The summed E-state index contributed by atoms with van der Waals surface area (Å²) in [5, 5.41) is 5.45. The summed E-state index contributed by atoms with van der Waals surface area (Å²) < 4.78 is 3.24. The molecule has 0 amide bonds. The minimum atomic E-state index is -0.231. The molecule has 2 N–H and O–H groups in total. The van der Waals surface area contributed by atoms with Gasteiger partial charge in [0.2, 0.25) is 0 Å². The number of para-hydroxylation sites is 1. The first kappa shape index (κ1) is 21.7. The molecule has 0 saturated heterocycles. The van der Waals surface area contributed by atoms with E-state index in [4.69, 9.17) is 22.3 Å². The average molecular weight is 492 g/mol. The van der Waals surface area contributed by atoms with Gasteiger partial charge in [-0.1, -0.05) is 54.1 Å². The van der Waals surface area contributed by atoms with Crippen molar-refractivity contribution in [2.24, 2.45) is 0 Å². The van der Waals surface area contributed by atoms with E-state index in [0.29, 0.717) is 39.1 Å². The lowest BCUT2D eigenvalue weighted by molar-refractivity contribution is 0.888. The van der Waals surface area contributed by atoms with Crippen LogP contribution < -0.4 is 11.3 Å². The number of hydrogen-bond acceptors (Lipinski definition) is 6. The quantitative estimate of drug-likeness (QED) is 0.375. The van der Waals surface area contributed by atoms with E-state index < -0.39 is 0 Å². The maximum Gasteiger partial charge on any atom is 0.269 e. The highest BCUT2D eigenvalue weighted by Gasteiger charge is 2.19. The Hall–Kier alpha value is -4.82. The fourth-order valence-electron chi connectivity index (χ4n) is 4.06. The Labute approximate surface area is 210 Å². The number of nitrogen functional groups attached to an aromatic ring is 1. The largest absolute Gasteiger partial charge is 0.382 e. The number of fused-ring (bicyclic) bond motifs is 1. The molecule has 174 valence electrons. The van der Waals surface area contributed by atoms with Crippen LogP contribution in [0.4, 0.5) is 5.82 Å². The summed E-state index contributed by atoms with van der Waals surface area (Å²) in [7, 11) is 0. The smallest absolute Gasteiger partial charge is 0.269 e. The Bertz CT molecular complexity index is 1760. The molecule has 0 radical (unpaired) electrons. The van der Waals surface area contributed by atoms with E-state index in [2.05, 4.69) is 15.1 Å². The fraction of sp³-hybridized carbons (Fsp3) is 0. The van der Waals surface area contributed by atoms with Gasteiger partial charge in [0.1, 0.15) is 17.0 Å². The van der Waals surface area contributed by atoms with Crippen LogP contribution in [0.3, 0.4) is 0 Å². The van der Waals surface area contributed by atoms with Crippen molar-refractivity contribution in [2.45, 2.75) is 0 Å². The van der Waals surface area contributed by atoms with E-state index in [1.54, 1.807) is 45.9 Å². The van der Waals surface area contributed by atoms with E-state index in [-0.39, 0.29) is 5.56 Å². The van der Waals surface area contributed by atoms with Crippen molar-refractivity contribution in [3.05, 3.63) is 113 Å². The number of anilines is 1. The van der Waals surface area contributed by atoms with Gasteiger partial charge in [-0.05, 0) is 36.4 Å². The molecule has 36 heavy (non-hydrogen) atoms. The summed E-state index contributed by atoms with van der Waals surface area (Å²) in [6.07, 6.45) is 4.70. The molecule has 0 fully saturated rings. The summed E-state index contributed by atoms with van der Waals surface area (Å²) in [6.45, 7) is 0. The molecule has 0 aliphatic carbocycles. The van der Waals surface area contributed by atoms with Gasteiger partial charge in [-0.2, -0.15) is 5.10 Å². The Morgan fingerprint density at radius 2 is 1.47 bits per heavy atom. The van der Waals surface area contributed by atoms with Crippen molar-refractivity contribution in [1.29, 1.82) is 0 Å². The number of nitrogens with zero attached hydrogens (tertiary/aromatic N) is 6. The SMILES string of the molecule is Nc1cncc(-c2ccc(-c3nc4c(cnn4-c4ccccc4)c(=O)n3-c3ccc(Cl)cc3)cc2)n1. The Morgan fingerprint density at radius 3 is 2.19 bits per heavy atom. The van der Waals surface area contributed by atoms with Crippen molar-refractivity contribution < 1.29 is 0 Å². The zero-order valence-electron chi connectivity index (χ0n) is 18.8. The zero-order chi connectivity index (χ0) is 24.6. The van der Waals surface area contributed by atoms with Crippen molar-refractivity contribution in [3.63, 3.8) is 0 Å². The molecule has 3 aromatic heterocycles. The molecular weight excluding hydrogens is 474 g/mol. The van der Waals surface area contributed by atoms with Crippen LogP contribution in [-0.4, -0.2) is 29.3 Å². The number of hydrogen-bond donors (Lipinski definition) is 1. The zero-order valence-corrected chi connectivity index (χ0v) is 19.5. The lowest BCUT2D eigenvalue weighted by atomic mass is 10.1. The molecule has 3 heterocycles. The Balaban J connectivity index is 1.58. The summed E-state index contributed by atoms with van der Waals surface area (Å²) in [6, 6.07) is 24.2. The van der Waals surface area contributed by atoms with E-state index in [9.17, 15) is 4.79 Å². The molecule has 0 atom stereocenters. The lowest BCUT2D eigenvalue weighted by Crippen LogP contribution is -2.22. The van der Waals surface area contributed by atoms with E-state index in [1.165, 1.54) is 6.20 Å².